The van der Waals surface area contributed by atoms with Crippen LogP contribution >= 0.6 is 11.6 Å². The van der Waals surface area contributed by atoms with Gasteiger partial charge in [-0.3, -0.25) is 14.5 Å². The minimum absolute atomic E-state index is 0.00600. The fraction of sp³-hybridized carbons (Fsp3) is 0.667. The lowest BCUT2D eigenvalue weighted by molar-refractivity contribution is -0.134. The SMILES string of the molecule is CNC(=O)[C@@H]1C[C@H](N(C)C(=O)[C@@H](Cc2ccc(Cl)cc2)NC(=O)OC(C)(C)C)CN1C1CCCCC1. The van der Waals surface area contributed by atoms with E-state index in [1.165, 1.54) is 19.3 Å². The third kappa shape index (κ3) is 7.59. The van der Waals surface area contributed by atoms with E-state index >= 15 is 0 Å². The number of rotatable bonds is 7. The standard InChI is InChI=1S/C27H41ClN4O4/c1-27(2,3)36-26(35)30-22(15-18-11-13-19(28)14-12-18)25(34)31(5)21-16-23(24(33)29-4)32(17-21)20-9-7-6-8-10-20/h11-14,20-23H,6-10,15-17H2,1-5H3,(H,29,33)(H,30,35)/t21-,22+,23-/m0/s1. The topological polar surface area (TPSA) is 91.0 Å². The van der Waals surface area contributed by atoms with Crippen molar-refractivity contribution in [2.75, 3.05) is 20.6 Å². The maximum Gasteiger partial charge on any atom is 0.408 e. The minimum atomic E-state index is -0.812. The van der Waals surface area contributed by atoms with Crippen LogP contribution in [-0.2, 0) is 20.7 Å². The zero-order valence-corrected chi connectivity index (χ0v) is 22.9. The van der Waals surface area contributed by atoms with Gasteiger partial charge in [-0.15, -0.1) is 0 Å². The molecule has 2 aliphatic rings. The summed E-state index contributed by atoms with van der Waals surface area (Å²) in [5.41, 5.74) is 0.192. The summed E-state index contributed by atoms with van der Waals surface area (Å²) < 4.78 is 5.44. The maximum absolute atomic E-state index is 13.7. The molecule has 2 fully saturated rings. The zero-order valence-electron chi connectivity index (χ0n) is 22.2. The number of amides is 3. The van der Waals surface area contributed by atoms with Crippen molar-refractivity contribution >= 4 is 29.5 Å². The average molecular weight is 521 g/mol. The Hall–Kier alpha value is -2.32. The first-order chi connectivity index (χ1) is 17.0. The van der Waals surface area contributed by atoms with Crippen LogP contribution in [0.1, 0.15) is 64.9 Å². The maximum atomic E-state index is 13.7. The van der Waals surface area contributed by atoms with Gasteiger partial charge in [0, 0.05) is 44.2 Å². The van der Waals surface area contributed by atoms with E-state index in [1.807, 2.05) is 12.1 Å². The molecule has 1 aliphatic carbocycles. The van der Waals surface area contributed by atoms with Gasteiger partial charge in [-0.05, 0) is 57.7 Å². The number of benzene rings is 1. The smallest absolute Gasteiger partial charge is 0.408 e. The molecule has 1 aliphatic heterocycles. The van der Waals surface area contributed by atoms with E-state index in [0.717, 1.165) is 18.4 Å². The fourth-order valence-electron chi connectivity index (χ4n) is 5.29. The number of hydrogen-bond donors (Lipinski definition) is 2. The van der Waals surface area contributed by atoms with Gasteiger partial charge in [-0.2, -0.15) is 0 Å². The highest BCUT2D eigenvalue weighted by Gasteiger charge is 2.43. The Morgan fingerprint density at radius 1 is 1.14 bits per heavy atom. The summed E-state index contributed by atoms with van der Waals surface area (Å²) in [6.07, 6.45) is 5.97. The second-order valence-electron chi connectivity index (χ2n) is 11.0. The van der Waals surface area contributed by atoms with Gasteiger partial charge in [0.05, 0.1) is 6.04 Å². The molecule has 3 atom stereocenters. The van der Waals surface area contributed by atoms with E-state index in [4.69, 9.17) is 16.3 Å². The number of ether oxygens (including phenoxy) is 1. The van der Waals surface area contributed by atoms with Crippen molar-refractivity contribution in [3.05, 3.63) is 34.9 Å². The van der Waals surface area contributed by atoms with Crippen molar-refractivity contribution in [3.63, 3.8) is 0 Å². The number of likely N-dealkylation sites (N-methyl/N-ethyl adjacent to an activating group) is 2. The average Bonchev–Trinajstić information content (AvgIpc) is 3.28. The van der Waals surface area contributed by atoms with Gasteiger partial charge in [0.1, 0.15) is 11.6 Å². The zero-order chi connectivity index (χ0) is 26.5. The first-order valence-electron chi connectivity index (χ1n) is 13.0. The largest absolute Gasteiger partial charge is 0.444 e. The van der Waals surface area contributed by atoms with Crippen molar-refractivity contribution in [2.24, 2.45) is 0 Å². The predicted octanol–water partition coefficient (Wildman–Crippen LogP) is 3.76. The number of nitrogens with zero attached hydrogens (tertiary/aromatic N) is 2. The Morgan fingerprint density at radius 3 is 2.36 bits per heavy atom. The van der Waals surface area contributed by atoms with E-state index in [1.54, 1.807) is 51.9 Å². The third-order valence-electron chi connectivity index (χ3n) is 7.15. The number of halogens is 1. The van der Waals surface area contributed by atoms with Crippen LogP contribution in [0.4, 0.5) is 4.79 Å². The molecule has 1 aromatic carbocycles. The lowest BCUT2D eigenvalue weighted by Gasteiger charge is -2.35. The van der Waals surface area contributed by atoms with Gasteiger partial charge in [-0.1, -0.05) is 43.0 Å². The molecule has 0 unspecified atom stereocenters. The molecule has 3 amide bonds. The number of alkyl carbamates (subject to hydrolysis) is 1. The number of likely N-dealkylation sites (tertiary alicyclic amines) is 1. The van der Waals surface area contributed by atoms with E-state index in [2.05, 4.69) is 15.5 Å². The molecule has 0 aromatic heterocycles. The van der Waals surface area contributed by atoms with Crippen LogP contribution in [0.25, 0.3) is 0 Å². The normalized spacial score (nSPS) is 22.1. The highest BCUT2D eigenvalue weighted by molar-refractivity contribution is 6.30. The highest BCUT2D eigenvalue weighted by atomic mass is 35.5. The van der Waals surface area contributed by atoms with Gasteiger partial charge in [0.2, 0.25) is 11.8 Å². The quantitative estimate of drug-likeness (QED) is 0.571. The Labute approximate surface area is 220 Å². The predicted molar refractivity (Wildman–Crippen MR) is 141 cm³/mol. The van der Waals surface area contributed by atoms with Crippen LogP contribution in [0.3, 0.4) is 0 Å². The fourth-order valence-corrected chi connectivity index (χ4v) is 5.42. The van der Waals surface area contributed by atoms with Gasteiger partial charge in [0.15, 0.2) is 0 Å². The Balaban J connectivity index is 1.77. The summed E-state index contributed by atoms with van der Waals surface area (Å²) in [6.45, 7) is 6.00. The van der Waals surface area contributed by atoms with E-state index in [0.29, 0.717) is 30.5 Å². The molecule has 3 rings (SSSR count). The monoisotopic (exact) mass is 520 g/mol. The summed E-state index contributed by atoms with van der Waals surface area (Å²) in [6, 6.07) is 6.39. The minimum Gasteiger partial charge on any atom is -0.444 e. The summed E-state index contributed by atoms with van der Waals surface area (Å²) in [7, 11) is 3.43. The second-order valence-corrected chi connectivity index (χ2v) is 11.4. The van der Waals surface area contributed by atoms with Crippen LogP contribution in [0.2, 0.25) is 5.02 Å². The van der Waals surface area contributed by atoms with E-state index in [9.17, 15) is 14.4 Å². The van der Waals surface area contributed by atoms with Gasteiger partial charge >= 0.3 is 6.09 Å². The van der Waals surface area contributed by atoms with Crippen LogP contribution in [0.5, 0.6) is 0 Å². The summed E-state index contributed by atoms with van der Waals surface area (Å²) in [4.78, 5) is 43.1. The molecule has 8 nitrogen and oxygen atoms in total. The van der Waals surface area contributed by atoms with Crippen molar-refractivity contribution < 1.29 is 19.1 Å². The molecular weight excluding hydrogens is 480 g/mol. The molecule has 2 N–H and O–H groups in total. The van der Waals surface area contributed by atoms with Crippen LogP contribution in [-0.4, -0.2) is 78.1 Å². The summed E-state index contributed by atoms with van der Waals surface area (Å²) in [5, 5.41) is 6.19. The molecule has 1 heterocycles. The van der Waals surface area contributed by atoms with Crippen LogP contribution < -0.4 is 10.6 Å². The van der Waals surface area contributed by atoms with Crippen molar-refractivity contribution in [1.82, 2.24) is 20.4 Å². The Morgan fingerprint density at radius 2 is 1.78 bits per heavy atom. The van der Waals surface area contributed by atoms with Gasteiger partial charge in [-0.25, -0.2) is 4.79 Å². The molecule has 0 radical (unpaired) electrons. The summed E-state index contributed by atoms with van der Waals surface area (Å²) in [5.74, 6) is -0.213. The number of carbonyl (C=O) groups excluding carboxylic acids is 3. The number of carbonyl (C=O) groups is 3. The molecule has 0 bridgehead atoms. The van der Waals surface area contributed by atoms with Crippen LogP contribution in [0.15, 0.2) is 24.3 Å². The Bertz CT molecular complexity index is 911. The molecule has 36 heavy (non-hydrogen) atoms. The van der Waals surface area contributed by atoms with Gasteiger partial charge in [0.25, 0.3) is 0 Å². The highest BCUT2D eigenvalue weighted by Crippen LogP contribution is 2.31. The molecule has 0 spiro atoms. The molecule has 1 saturated carbocycles. The van der Waals surface area contributed by atoms with E-state index in [-0.39, 0.29) is 23.9 Å². The lowest BCUT2D eigenvalue weighted by atomic mass is 9.93. The van der Waals surface area contributed by atoms with Crippen molar-refractivity contribution in [3.8, 4) is 0 Å². The molecule has 1 aromatic rings. The van der Waals surface area contributed by atoms with Crippen molar-refractivity contribution in [2.45, 2.75) is 95.5 Å². The summed E-state index contributed by atoms with van der Waals surface area (Å²) >= 11 is 6.03. The van der Waals surface area contributed by atoms with Crippen molar-refractivity contribution in [1.29, 1.82) is 0 Å². The first-order valence-corrected chi connectivity index (χ1v) is 13.3. The number of hydrogen-bond acceptors (Lipinski definition) is 5. The second kappa shape index (κ2) is 12.3. The molecular formula is C27H41ClN4O4. The first kappa shape index (κ1) is 28.3. The third-order valence-corrected chi connectivity index (χ3v) is 7.40. The van der Waals surface area contributed by atoms with Crippen LogP contribution in [0, 0.1) is 0 Å². The number of nitrogens with one attached hydrogen (secondary N) is 2. The van der Waals surface area contributed by atoms with Gasteiger partial charge < -0.3 is 20.3 Å². The Kier molecular flexibility index (Phi) is 9.64. The molecule has 200 valence electrons. The lowest BCUT2D eigenvalue weighted by Crippen LogP contribution is -2.52. The van der Waals surface area contributed by atoms with E-state index < -0.39 is 17.7 Å². The molecule has 9 heteroatoms. The molecule has 1 saturated heterocycles.